The summed E-state index contributed by atoms with van der Waals surface area (Å²) in [6, 6.07) is 11.8. The zero-order valence-electron chi connectivity index (χ0n) is 12.7. The van der Waals surface area contributed by atoms with Crippen LogP contribution in [0.4, 0.5) is 0 Å². The van der Waals surface area contributed by atoms with Crippen molar-refractivity contribution in [3.05, 3.63) is 54.4 Å². The highest BCUT2D eigenvalue weighted by atomic mass is 32.1. The van der Waals surface area contributed by atoms with Gasteiger partial charge in [-0.25, -0.2) is 0 Å². The average molecular weight is 333 g/mol. The number of nitrogens with zero attached hydrogens (tertiary/aromatic N) is 5. The third-order valence-corrected chi connectivity index (χ3v) is 4.85. The third-order valence-electron chi connectivity index (χ3n) is 3.95. The predicted molar refractivity (Wildman–Crippen MR) is 91.8 cm³/mol. The molecule has 0 aliphatic carbocycles. The van der Waals surface area contributed by atoms with Crippen molar-refractivity contribution < 1.29 is 4.42 Å². The highest BCUT2D eigenvalue weighted by molar-refractivity contribution is 7.19. The van der Waals surface area contributed by atoms with Crippen molar-refractivity contribution in [3.8, 4) is 22.2 Å². The van der Waals surface area contributed by atoms with Gasteiger partial charge in [0, 0.05) is 28.9 Å². The Morgan fingerprint density at radius 2 is 2.00 bits per heavy atom. The van der Waals surface area contributed by atoms with Crippen LogP contribution in [0, 0.1) is 6.92 Å². The van der Waals surface area contributed by atoms with Gasteiger partial charge >= 0.3 is 0 Å². The van der Waals surface area contributed by atoms with Crippen molar-refractivity contribution in [2.75, 3.05) is 0 Å². The highest BCUT2D eigenvalue weighted by Crippen LogP contribution is 2.35. The molecule has 6 nitrogen and oxygen atoms in total. The highest BCUT2D eigenvalue weighted by Gasteiger charge is 2.19. The Labute approximate surface area is 140 Å². The Morgan fingerprint density at radius 1 is 1.08 bits per heavy atom. The minimum atomic E-state index is 0.675. The molecule has 0 N–H and O–H groups in total. The summed E-state index contributed by atoms with van der Waals surface area (Å²) < 4.78 is 7.74. The molecule has 0 spiro atoms. The second-order valence-electron chi connectivity index (χ2n) is 5.42. The van der Waals surface area contributed by atoms with Gasteiger partial charge in [0.2, 0.25) is 4.96 Å². The molecule has 0 fully saturated rings. The number of rotatable bonds is 2. The van der Waals surface area contributed by atoms with Crippen LogP contribution >= 0.6 is 11.3 Å². The summed E-state index contributed by atoms with van der Waals surface area (Å²) in [4.78, 5) is 4.86. The van der Waals surface area contributed by atoms with Gasteiger partial charge in [-0.05, 0) is 25.1 Å². The molecule has 7 heteroatoms. The van der Waals surface area contributed by atoms with Crippen LogP contribution in [0.1, 0.15) is 5.56 Å². The van der Waals surface area contributed by atoms with Gasteiger partial charge < -0.3 is 4.42 Å². The fourth-order valence-corrected chi connectivity index (χ4v) is 3.64. The molecule has 0 bridgehead atoms. The summed E-state index contributed by atoms with van der Waals surface area (Å²) >= 11 is 1.46. The molecule has 0 saturated carbocycles. The molecule has 0 saturated heterocycles. The van der Waals surface area contributed by atoms with Crippen LogP contribution in [0.15, 0.2) is 53.2 Å². The topological polar surface area (TPSA) is 69.1 Å². The molecule has 4 aromatic heterocycles. The fourth-order valence-electron chi connectivity index (χ4n) is 2.76. The van der Waals surface area contributed by atoms with Crippen LogP contribution < -0.4 is 0 Å². The monoisotopic (exact) mass is 333 g/mol. The fraction of sp³-hybridized carbons (Fsp3) is 0.0588. The van der Waals surface area contributed by atoms with Gasteiger partial charge in [0.25, 0.3) is 0 Å². The van der Waals surface area contributed by atoms with Crippen molar-refractivity contribution in [3.63, 3.8) is 0 Å². The van der Waals surface area contributed by atoms with Crippen LogP contribution in [0.3, 0.4) is 0 Å². The van der Waals surface area contributed by atoms with Crippen LogP contribution in [-0.4, -0.2) is 24.8 Å². The molecule has 0 unspecified atom stereocenters. The number of fused-ring (bicyclic) bond motifs is 2. The number of para-hydroxylation sites is 1. The number of aromatic nitrogens is 5. The number of pyridine rings is 1. The maximum Gasteiger partial charge on any atom is 0.235 e. The van der Waals surface area contributed by atoms with E-state index < -0.39 is 0 Å². The molecule has 5 rings (SSSR count). The zero-order valence-corrected chi connectivity index (χ0v) is 13.5. The zero-order chi connectivity index (χ0) is 16.1. The van der Waals surface area contributed by atoms with Gasteiger partial charge in [-0.15, -0.1) is 15.3 Å². The molecule has 0 aliphatic heterocycles. The maximum absolute atomic E-state index is 6.00. The quantitative estimate of drug-likeness (QED) is 0.489. The van der Waals surface area contributed by atoms with Crippen molar-refractivity contribution >= 4 is 27.3 Å². The number of hydrogen-bond acceptors (Lipinski definition) is 6. The van der Waals surface area contributed by atoms with E-state index in [4.69, 9.17) is 4.42 Å². The summed E-state index contributed by atoms with van der Waals surface area (Å²) in [5.74, 6) is 1.46. The molecule has 116 valence electrons. The summed E-state index contributed by atoms with van der Waals surface area (Å²) in [5.41, 5.74) is 2.82. The van der Waals surface area contributed by atoms with E-state index in [0.29, 0.717) is 5.82 Å². The average Bonchev–Trinajstić information content (AvgIpc) is 3.28. The first kappa shape index (κ1) is 13.4. The molecule has 1 aromatic carbocycles. The predicted octanol–water partition coefficient (Wildman–Crippen LogP) is 3.97. The summed E-state index contributed by atoms with van der Waals surface area (Å²) in [6.45, 7) is 2.05. The normalized spacial score (nSPS) is 11.5. The Hall–Kier alpha value is -3.06. The first-order chi connectivity index (χ1) is 11.8. The maximum atomic E-state index is 6.00. The van der Waals surface area contributed by atoms with E-state index in [-0.39, 0.29) is 0 Å². The molecule has 0 radical (unpaired) electrons. The van der Waals surface area contributed by atoms with E-state index in [0.717, 1.165) is 37.8 Å². The van der Waals surface area contributed by atoms with Crippen molar-refractivity contribution in [2.45, 2.75) is 6.92 Å². The molecular formula is C17H11N5OS. The molecule has 0 atom stereocenters. The molecule has 24 heavy (non-hydrogen) atoms. The molecular weight excluding hydrogens is 322 g/mol. The van der Waals surface area contributed by atoms with E-state index in [1.54, 1.807) is 16.9 Å². The van der Waals surface area contributed by atoms with E-state index >= 15 is 0 Å². The second kappa shape index (κ2) is 4.97. The van der Waals surface area contributed by atoms with Gasteiger partial charge in [-0.3, -0.25) is 4.98 Å². The standard InChI is InChI=1S/C17H11N5OS/c1-10-12-6-2-3-7-13(12)23-14(10)16-21-22-15(19-20-17(22)24-16)11-5-4-8-18-9-11/h2-9H,1H3. The van der Waals surface area contributed by atoms with Crippen LogP contribution in [0.2, 0.25) is 0 Å². The van der Waals surface area contributed by atoms with E-state index in [2.05, 4.69) is 26.3 Å². The summed E-state index contributed by atoms with van der Waals surface area (Å²) in [7, 11) is 0. The van der Waals surface area contributed by atoms with Crippen LogP contribution in [-0.2, 0) is 0 Å². The summed E-state index contributed by atoms with van der Waals surface area (Å²) in [5, 5.41) is 15.0. The van der Waals surface area contributed by atoms with E-state index in [1.165, 1.54) is 11.3 Å². The van der Waals surface area contributed by atoms with Crippen LogP contribution in [0.25, 0.3) is 38.1 Å². The van der Waals surface area contributed by atoms with Crippen molar-refractivity contribution in [1.82, 2.24) is 24.8 Å². The van der Waals surface area contributed by atoms with E-state index in [9.17, 15) is 0 Å². The van der Waals surface area contributed by atoms with Crippen molar-refractivity contribution in [1.29, 1.82) is 0 Å². The first-order valence-corrected chi connectivity index (χ1v) is 8.24. The lowest BCUT2D eigenvalue weighted by Crippen LogP contribution is -1.91. The van der Waals surface area contributed by atoms with Gasteiger partial charge in [-0.2, -0.15) is 4.52 Å². The van der Waals surface area contributed by atoms with Gasteiger partial charge in [0.05, 0.1) is 0 Å². The number of furan rings is 1. The second-order valence-corrected chi connectivity index (χ2v) is 6.38. The Bertz CT molecular complexity index is 1170. The Balaban J connectivity index is 1.71. The smallest absolute Gasteiger partial charge is 0.235 e. The van der Waals surface area contributed by atoms with Gasteiger partial charge in [0.1, 0.15) is 5.58 Å². The lowest BCUT2D eigenvalue weighted by Gasteiger charge is -1.95. The van der Waals surface area contributed by atoms with Crippen LogP contribution in [0.5, 0.6) is 0 Å². The molecule has 5 aromatic rings. The first-order valence-electron chi connectivity index (χ1n) is 7.42. The van der Waals surface area contributed by atoms with E-state index in [1.807, 2.05) is 37.3 Å². The Morgan fingerprint density at radius 3 is 2.83 bits per heavy atom. The third kappa shape index (κ3) is 1.88. The Kier molecular flexibility index (Phi) is 2.77. The minimum absolute atomic E-state index is 0.675. The van der Waals surface area contributed by atoms with Crippen molar-refractivity contribution in [2.24, 2.45) is 0 Å². The van der Waals surface area contributed by atoms with Gasteiger partial charge in [-0.1, -0.05) is 29.5 Å². The van der Waals surface area contributed by atoms with Gasteiger partial charge in [0.15, 0.2) is 16.6 Å². The summed E-state index contributed by atoms with van der Waals surface area (Å²) in [6.07, 6.45) is 3.48. The lowest BCUT2D eigenvalue weighted by molar-refractivity contribution is 0.626. The lowest BCUT2D eigenvalue weighted by atomic mass is 10.1. The number of hydrogen-bond donors (Lipinski definition) is 0. The molecule has 0 aliphatic rings. The number of aryl methyl sites for hydroxylation is 1. The SMILES string of the molecule is Cc1c(-c2nn3c(-c4cccnc4)nnc3s2)oc2ccccc12. The largest absolute Gasteiger partial charge is 0.453 e. The molecule has 4 heterocycles. The number of benzene rings is 1. The minimum Gasteiger partial charge on any atom is -0.453 e. The molecule has 0 amide bonds.